The van der Waals surface area contributed by atoms with Crippen molar-refractivity contribution >= 4 is 46.6 Å². The third-order valence-corrected chi connectivity index (χ3v) is 6.44. The molecule has 1 aliphatic rings. The van der Waals surface area contributed by atoms with E-state index < -0.39 is 29.5 Å². The Morgan fingerprint density at radius 2 is 1.70 bits per heavy atom. The van der Waals surface area contributed by atoms with Crippen LogP contribution in [0.15, 0.2) is 72.3 Å². The minimum absolute atomic E-state index is 0.0530. The predicted molar refractivity (Wildman–Crippen MR) is 140 cm³/mol. The smallest absolute Gasteiger partial charge is 0.338 e. The average molecular weight is 540 g/mol. The molecule has 0 radical (unpaired) electrons. The van der Waals surface area contributed by atoms with Gasteiger partial charge in [-0.2, -0.15) is 0 Å². The van der Waals surface area contributed by atoms with Gasteiger partial charge in [0.2, 0.25) is 0 Å². The zero-order valence-corrected chi connectivity index (χ0v) is 21.5. The van der Waals surface area contributed by atoms with Crippen molar-refractivity contribution in [3.63, 3.8) is 0 Å². The monoisotopic (exact) mass is 539 g/mol. The van der Waals surface area contributed by atoms with Crippen LogP contribution in [0.1, 0.15) is 40.0 Å². The molecule has 1 heterocycles. The number of ether oxygens (including phenoxy) is 2. The highest BCUT2D eigenvalue weighted by atomic mass is 35.5. The molecule has 1 atom stereocenters. The Morgan fingerprint density at radius 1 is 1.03 bits per heavy atom. The second-order valence-electron chi connectivity index (χ2n) is 8.22. The molecular weight excluding hydrogens is 517 g/mol. The van der Waals surface area contributed by atoms with E-state index in [2.05, 4.69) is 0 Å². The molecule has 1 amide bonds. The molecule has 3 aromatic carbocycles. The molecule has 1 aliphatic heterocycles. The highest BCUT2D eigenvalue weighted by Crippen LogP contribution is 2.43. The Labute approximate surface area is 223 Å². The van der Waals surface area contributed by atoms with Crippen molar-refractivity contribution in [2.75, 3.05) is 13.7 Å². The van der Waals surface area contributed by atoms with Crippen molar-refractivity contribution in [1.29, 1.82) is 0 Å². The Kier molecular flexibility index (Phi) is 7.86. The summed E-state index contributed by atoms with van der Waals surface area (Å²) in [5, 5.41) is 11.7. The van der Waals surface area contributed by atoms with Gasteiger partial charge in [-0.15, -0.1) is 0 Å². The lowest BCUT2D eigenvalue weighted by Gasteiger charge is -2.25. The van der Waals surface area contributed by atoms with Crippen LogP contribution in [0.3, 0.4) is 0 Å². The number of Topliss-reactive ketones (excluding diaryl/α,β-unsaturated/α-hetero) is 1. The molecule has 1 unspecified atom stereocenters. The van der Waals surface area contributed by atoms with Crippen LogP contribution in [0.2, 0.25) is 10.0 Å². The summed E-state index contributed by atoms with van der Waals surface area (Å²) in [6, 6.07) is 17.4. The molecule has 37 heavy (non-hydrogen) atoms. The lowest BCUT2D eigenvalue weighted by Crippen LogP contribution is -2.29. The number of hydrogen-bond acceptors (Lipinski definition) is 6. The van der Waals surface area contributed by atoms with Crippen LogP contribution < -0.4 is 4.74 Å². The van der Waals surface area contributed by atoms with E-state index in [9.17, 15) is 19.5 Å². The maximum atomic E-state index is 13.3. The summed E-state index contributed by atoms with van der Waals surface area (Å²) in [5.41, 5.74) is 1.66. The number of rotatable bonds is 7. The Balaban J connectivity index is 1.81. The number of aliphatic hydroxyl groups is 1. The molecule has 0 aliphatic carbocycles. The molecular formula is C28H23Cl2NO6. The van der Waals surface area contributed by atoms with Gasteiger partial charge in [0.15, 0.2) is 0 Å². The molecule has 190 valence electrons. The number of halogens is 2. The fourth-order valence-corrected chi connectivity index (χ4v) is 4.84. The van der Waals surface area contributed by atoms with Gasteiger partial charge >= 0.3 is 5.97 Å². The number of amides is 1. The van der Waals surface area contributed by atoms with Crippen LogP contribution in [-0.4, -0.2) is 41.4 Å². The molecule has 4 rings (SSSR count). The summed E-state index contributed by atoms with van der Waals surface area (Å²) >= 11 is 12.4. The first-order chi connectivity index (χ1) is 17.8. The first-order valence-corrected chi connectivity index (χ1v) is 12.1. The number of nitrogens with zero attached hydrogens (tertiary/aromatic N) is 1. The second-order valence-corrected chi connectivity index (χ2v) is 9.07. The standard InChI is InChI=1S/C28H23Cl2NO6/c1-3-37-28(35)18-11-9-16(10-12-18)15-31-23(17-7-5-4-6-8-17)22(25(33)27(31)34)24(32)20-13-19(29)14-21(30)26(20)36-2/h4-14,23,32H,3,15H2,1-2H3/b24-22+. The molecule has 1 fully saturated rings. The molecule has 0 aromatic heterocycles. The lowest BCUT2D eigenvalue weighted by atomic mass is 9.95. The van der Waals surface area contributed by atoms with E-state index in [1.54, 1.807) is 55.5 Å². The topological polar surface area (TPSA) is 93.1 Å². The van der Waals surface area contributed by atoms with Gasteiger partial charge < -0.3 is 19.5 Å². The summed E-state index contributed by atoms with van der Waals surface area (Å²) in [5.74, 6) is -2.41. The Hall–Kier alpha value is -3.81. The largest absolute Gasteiger partial charge is 0.507 e. The van der Waals surface area contributed by atoms with E-state index in [-0.39, 0.29) is 40.1 Å². The van der Waals surface area contributed by atoms with Gasteiger partial charge in [0, 0.05) is 11.6 Å². The zero-order valence-electron chi connectivity index (χ0n) is 20.0. The number of carbonyl (C=O) groups excluding carboxylic acids is 3. The second kappa shape index (κ2) is 11.1. The zero-order chi connectivity index (χ0) is 26.7. The molecule has 9 heteroatoms. The number of benzene rings is 3. The average Bonchev–Trinajstić information content (AvgIpc) is 3.14. The van der Waals surface area contributed by atoms with E-state index in [1.165, 1.54) is 24.1 Å². The van der Waals surface area contributed by atoms with Gasteiger partial charge in [-0.05, 0) is 42.3 Å². The SMILES string of the molecule is CCOC(=O)c1ccc(CN2C(=O)C(=O)/C(=C(/O)c3cc(Cl)cc(Cl)c3OC)C2c2ccccc2)cc1. The quantitative estimate of drug-likeness (QED) is 0.176. The highest BCUT2D eigenvalue weighted by Gasteiger charge is 2.46. The summed E-state index contributed by atoms with van der Waals surface area (Å²) in [6.45, 7) is 2.03. The molecule has 0 saturated carbocycles. The Bertz CT molecular complexity index is 1390. The van der Waals surface area contributed by atoms with Crippen molar-refractivity contribution in [3.8, 4) is 5.75 Å². The van der Waals surface area contributed by atoms with Crippen LogP contribution in [0.5, 0.6) is 5.75 Å². The minimum Gasteiger partial charge on any atom is -0.507 e. The summed E-state index contributed by atoms with van der Waals surface area (Å²) in [6.07, 6.45) is 0. The Morgan fingerprint density at radius 3 is 2.32 bits per heavy atom. The van der Waals surface area contributed by atoms with Crippen molar-refractivity contribution in [2.45, 2.75) is 19.5 Å². The van der Waals surface area contributed by atoms with Crippen molar-refractivity contribution < 1.29 is 29.0 Å². The molecule has 0 spiro atoms. The molecule has 7 nitrogen and oxygen atoms in total. The first-order valence-electron chi connectivity index (χ1n) is 11.4. The third kappa shape index (κ3) is 5.19. The number of esters is 1. The van der Waals surface area contributed by atoms with Crippen molar-refractivity contribution in [3.05, 3.63) is 105 Å². The number of methoxy groups -OCH3 is 1. The van der Waals surface area contributed by atoms with E-state index >= 15 is 0 Å². The van der Waals surface area contributed by atoms with Gasteiger partial charge in [0.05, 0.1) is 41.5 Å². The predicted octanol–water partition coefficient (Wildman–Crippen LogP) is 5.80. The third-order valence-electron chi connectivity index (χ3n) is 5.94. The maximum absolute atomic E-state index is 13.3. The molecule has 1 N–H and O–H groups in total. The van der Waals surface area contributed by atoms with E-state index in [0.717, 1.165) is 0 Å². The minimum atomic E-state index is -0.895. The van der Waals surface area contributed by atoms with Crippen molar-refractivity contribution in [1.82, 2.24) is 4.90 Å². The van der Waals surface area contributed by atoms with E-state index in [1.807, 2.05) is 6.07 Å². The van der Waals surface area contributed by atoms with Crippen LogP contribution >= 0.6 is 23.2 Å². The van der Waals surface area contributed by atoms with Crippen LogP contribution in [0, 0.1) is 0 Å². The number of carbonyl (C=O) groups is 3. The van der Waals surface area contributed by atoms with Crippen LogP contribution in [0.4, 0.5) is 0 Å². The molecule has 0 bridgehead atoms. The fraction of sp³-hybridized carbons (Fsp3) is 0.179. The van der Waals surface area contributed by atoms with Gasteiger partial charge in [0.25, 0.3) is 11.7 Å². The first kappa shape index (κ1) is 26.3. The number of likely N-dealkylation sites (tertiary alicyclic amines) is 1. The van der Waals surface area contributed by atoms with Crippen molar-refractivity contribution in [2.24, 2.45) is 0 Å². The maximum Gasteiger partial charge on any atom is 0.338 e. The van der Waals surface area contributed by atoms with Gasteiger partial charge in [-0.3, -0.25) is 9.59 Å². The van der Waals surface area contributed by atoms with E-state index in [0.29, 0.717) is 16.7 Å². The lowest BCUT2D eigenvalue weighted by molar-refractivity contribution is -0.140. The highest BCUT2D eigenvalue weighted by molar-refractivity contribution is 6.46. The molecule has 1 saturated heterocycles. The number of hydrogen-bond donors (Lipinski definition) is 1. The van der Waals surface area contributed by atoms with Crippen LogP contribution in [0.25, 0.3) is 5.76 Å². The summed E-state index contributed by atoms with van der Waals surface area (Å²) in [7, 11) is 1.37. The van der Waals surface area contributed by atoms with Gasteiger partial charge in [-0.25, -0.2) is 4.79 Å². The van der Waals surface area contributed by atoms with Crippen LogP contribution in [-0.2, 0) is 20.9 Å². The molecule has 3 aromatic rings. The fourth-order valence-electron chi connectivity index (χ4n) is 4.27. The van der Waals surface area contributed by atoms with Gasteiger partial charge in [0.1, 0.15) is 11.5 Å². The number of aliphatic hydroxyl groups excluding tert-OH is 1. The normalized spacial score (nSPS) is 16.6. The summed E-state index contributed by atoms with van der Waals surface area (Å²) < 4.78 is 10.4. The summed E-state index contributed by atoms with van der Waals surface area (Å²) in [4.78, 5) is 39.9. The van der Waals surface area contributed by atoms with Gasteiger partial charge in [-0.1, -0.05) is 65.7 Å². The number of ketones is 1. The van der Waals surface area contributed by atoms with E-state index in [4.69, 9.17) is 32.7 Å².